The van der Waals surface area contributed by atoms with Gasteiger partial charge in [-0.05, 0) is 30.3 Å². The summed E-state index contributed by atoms with van der Waals surface area (Å²) in [6.45, 7) is 0.481. The fourth-order valence-corrected chi connectivity index (χ4v) is 1.86. The lowest BCUT2D eigenvalue weighted by molar-refractivity contribution is 0.181. The number of hydrogen-bond acceptors (Lipinski definition) is 4. The molecule has 2 aromatic rings. The van der Waals surface area contributed by atoms with Crippen molar-refractivity contribution in [1.82, 2.24) is 9.97 Å². The van der Waals surface area contributed by atoms with Gasteiger partial charge in [0.05, 0.1) is 13.7 Å². The van der Waals surface area contributed by atoms with Crippen molar-refractivity contribution in [2.24, 2.45) is 0 Å². The van der Waals surface area contributed by atoms with Gasteiger partial charge in [-0.15, -0.1) is 0 Å². The molecule has 0 atom stereocenters. The van der Waals surface area contributed by atoms with Gasteiger partial charge >= 0.3 is 0 Å². The molecule has 0 aliphatic rings. The minimum absolute atomic E-state index is 0.481. The highest BCUT2D eigenvalue weighted by Crippen LogP contribution is 2.19. The van der Waals surface area contributed by atoms with Crippen molar-refractivity contribution in [2.45, 2.75) is 6.61 Å². The smallest absolute Gasteiger partial charge is 0.139 e. The quantitative estimate of drug-likeness (QED) is 0.861. The van der Waals surface area contributed by atoms with Crippen LogP contribution in [0, 0.1) is 4.64 Å². The van der Waals surface area contributed by atoms with Crippen molar-refractivity contribution < 1.29 is 9.47 Å². The molecule has 1 aromatic carbocycles. The Morgan fingerprint density at radius 3 is 2.56 bits per heavy atom. The summed E-state index contributed by atoms with van der Waals surface area (Å²) in [6, 6.07) is 9.44. The number of aromatic nitrogens is 2. The Labute approximate surface area is 111 Å². The second-order valence-electron chi connectivity index (χ2n) is 3.75. The Balaban J connectivity index is 2.39. The fourth-order valence-electron chi connectivity index (χ4n) is 1.63. The van der Waals surface area contributed by atoms with Crippen LogP contribution in [0.5, 0.6) is 5.75 Å². The summed E-state index contributed by atoms with van der Waals surface area (Å²) in [5.41, 5.74) is 1.86. The topological polar surface area (TPSA) is 47.1 Å². The van der Waals surface area contributed by atoms with E-state index in [1.165, 1.54) is 0 Å². The summed E-state index contributed by atoms with van der Waals surface area (Å²) in [4.78, 5) is 7.50. The molecule has 0 fully saturated rings. The van der Waals surface area contributed by atoms with Crippen molar-refractivity contribution in [2.75, 3.05) is 14.2 Å². The third-order valence-corrected chi connectivity index (χ3v) is 2.67. The van der Waals surface area contributed by atoms with Gasteiger partial charge in [-0.2, -0.15) is 0 Å². The van der Waals surface area contributed by atoms with E-state index < -0.39 is 0 Å². The van der Waals surface area contributed by atoms with Crippen LogP contribution in [-0.2, 0) is 11.3 Å². The zero-order chi connectivity index (χ0) is 13.0. The molecule has 1 heterocycles. The molecule has 2 rings (SSSR count). The Kier molecular flexibility index (Phi) is 4.07. The van der Waals surface area contributed by atoms with E-state index in [2.05, 4.69) is 9.97 Å². The van der Waals surface area contributed by atoms with Crippen LogP contribution < -0.4 is 4.74 Å². The lowest BCUT2D eigenvalue weighted by Crippen LogP contribution is -1.97. The van der Waals surface area contributed by atoms with Crippen LogP contribution >= 0.6 is 12.2 Å². The summed E-state index contributed by atoms with van der Waals surface area (Å²) >= 11 is 5.14. The maximum atomic E-state index is 5.14. The first-order chi connectivity index (χ1) is 8.72. The Hall–Kier alpha value is -1.72. The molecule has 0 aliphatic heterocycles. The molecule has 0 amide bonds. The molecule has 1 N–H and O–H groups in total. The van der Waals surface area contributed by atoms with E-state index in [-0.39, 0.29) is 0 Å². The molecule has 0 spiro atoms. The molecule has 0 unspecified atom stereocenters. The molecule has 0 saturated heterocycles. The predicted molar refractivity (Wildman–Crippen MR) is 72.1 cm³/mol. The maximum absolute atomic E-state index is 5.14. The Morgan fingerprint density at radius 1 is 1.22 bits per heavy atom. The third-order valence-electron chi connectivity index (χ3n) is 2.46. The van der Waals surface area contributed by atoms with E-state index in [0.29, 0.717) is 11.2 Å². The van der Waals surface area contributed by atoms with Gasteiger partial charge in [0.25, 0.3) is 0 Å². The molecule has 5 heteroatoms. The van der Waals surface area contributed by atoms with E-state index >= 15 is 0 Å². The van der Waals surface area contributed by atoms with E-state index in [9.17, 15) is 0 Å². The molecule has 0 aliphatic carbocycles. The summed E-state index contributed by atoms with van der Waals surface area (Å²) in [6.07, 6.45) is 0. The highest BCUT2D eigenvalue weighted by Gasteiger charge is 2.03. The van der Waals surface area contributed by atoms with Crippen molar-refractivity contribution >= 4 is 12.2 Å². The normalized spacial score (nSPS) is 10.3. The molecular formula is C13H14N2O2S. The van der Waals surface area contributed by atoms with E-state index in [4.69, 9.17) is 21.7 Å². The van der Waals surface area contributed by atoms with Crippen LogP contribution in [0.15, 0.2) is 30.3 Å². The van der Waals surface area contributed by atoms with E-state index in [1.54, 1.807) is 20.3 Å². The van der Waals surface area contributed by atoms with Gasteiger partial charge in [0.1, 0.15) is 16.2 Å². The summed E-state index contributed by atoms with van der Waals surface area (Å²) in [7, 11) is 3.28. The van der Waals surface area contributed by atoms with Gasteiger partial charge < -0.3 is 14.5 Å². The van der Waals surface area contributed by atoms with Crippen LogP contribution in [0.2, 0.25) is 0 Å². The molecule has 0 bridgehead atoms. The number of methoxy groups -OCH3 is 2. The highest BCUT2D eigenvalue weighted by atomic mass is 32.1. The molecule has 1 aromatic heterocycles. The van der Waals surface area contributed by atoms with Crippen molar-refractivity contribution in [3.8, 4) is 17.1 Å². The van der Waals surface area contributed by atoms with Gasteiger partial charge in [-0.3, -0.25) is 0 Å². The highest BCUT2D eigenvalue weighted by molar-refractivity contribution is 7.71. The molecular weight excluding hydrogens is 248 g/mol. The molecule has 18 heavy (non-hydrogen) atoms. The Morgan fingerprint density at radius 2 is 1.94 bits per heavy atom. The summed E-state index contributed by atoms with van der Waals surface area (Å²) in [5.74, 6) is 1.54. The lowest BCUT2D eigenvalue weighted by Gasteiger charge is -2.06. The average Bonchev–Trinajstić information content (AvgIpc) is 2.38. The van der Waals surface area contributed by atoms with Crippen LogP contribution in [-0.4, -0.2) is 24.2 Å². The summed E-state index contributed by atoms with van der Waals surface area (Å²) < 4.78 is 10.8. The van der Waals surface area contributed by atoms with E-state index in [1.807, 2.05) is 24.3 Å². The van der Waals surface area contributed by atoms with Crippen LogP contribution in [0.3, 0.4) is 0 Å². The number of H-pyrrole nitrogens is 1. The van der Waals surface area contributed by atoms with Crippen molar-refractivity contribution in [3.05, 3.63) is 40.7 Å². The lowest BCUT2D eigenvalue weighted by atomic mass is 10.2. The van der Waals surface area contributed by atoms with Crippen LogP contribution in [0.25, 0.3) is 11.4 Å². The van der Waals surface area contributed by atoms with Gasteiger partial charge in [-0.25, -0.2) is 4.98 Å². The van der Waals surface area contributed by atoms with Crippen molar-refractivity contribution in [3.63, 3.8) is 0 Å². The zero-order valence-electron chi connectivity index (χ0n) is 10.3. The number of rotatable bonds is 4. The second kappa shape index (κ2) is 5.75. The maximum Gasteiger partial charge on any atom is 0.139 e. The number of aromatic amines is 1. The number of ether oxygens (including phenoxy) is 2. The first-order valence-electron chi connectivity index (χ1n) is 5.46. The zero-order valence-corrected chi connectivity index (χ0v) is 11.1. The molecule has 94 valence electrons. The second-order valence-corrected chi connectivity index (χ2v) is 4.17. The minimum atomic E-state index is 0.481. The predicted octanol–water partition coefficient (Wildman–Crippen LogP) is 2.96. The molecule has 0 saturated carbocycles. The van der Waals surface area contributed by atoms with E-state index in [0.717, 1.165) is 22.8 Å². The van der Waals surface area contributed by atoms with Gasteiger partial charge in [0, 0.05) is 18.4 Å². The van der Waals surface area contributed by atoms with Gasteiger partial charge in [0.2, 0.25) is 0 Å². The van der Waals surface area contributed by atoms with Crippen molar-refractivity contribution in [1.29, 1.82) is 0 Å². The number of benzene rings is 1. The number of nitrogens with one attached hydrogen (secondary N) is 1. The largest absolute Gasteiger partial charge is 0.497 e. The fraction of sp³-hybridized carbons (Fsp3) is 0.231. The Bertz CT molecular complexity index is 578. The summed E-state index contributed by atoms with van der Waals surface area (Å²) in [5, 5.41) is 0. The van der Waals surface area contributed by atoms with Gasteiger partial charge in [-0.1, -0.05) is 12.2 Å². The molecule has 0 radical (unpaired) electrons. The van der Waals surface area contributed by atoms with Crippen LogP contribution in [0.4, 0.5) is 0 Å². The third kappa shape index (κ3) is 2.94. The number of hydrogen-bond donors (Lipinski definition) is 1. The number of nitrogens with zero attached hydrogens (tertiary/aromatic N) is 1. The monoisotopic (exact) mass is 262 g/mol. The standard InChI is InChI=1S/C13H14N2O2S/c1-16-8-10-7-12(18)15-13(14-10)9-3-5-11(17-2)6-4-9/h3-7H,8H2,1-2H3,(H,14,15,18). The average molecular weight is 262 g/mol. The first-order valence-corrected chi connectivity index (χ1v) is 5.87. The molecule has 4 nitrogen and oxygen atoms in total. The first kappa shape index (κ1) is 12.7. The van der Waals surface area contributed by atoms with Gasteiger partial charge in [0.15, 0.2) is 0 Å². The minimum Gasteiger partial charge on any atom is -0.497 e. The van der Waals surface area contributed by atoms with Crippen LogP contribution in [0.1, 0.15) is 5.69 Å². The SMILES string of the molecule is COCc1cc(=S)nc(-c2ccc(OC)cc2)[nH]1.